The van der Waals surface area contributed by atoms with Gasteiger partial charge in [-0.2, -0.15) is 0 Å². The average Bonchev–Trinajstić information content (AvgIpc) is 3.46. The first-order valence-corrected chi connectivity index (χ1v) is 12.8. The van der Waals surface area contributed by atoms with Gasteiger partial charge < -0.3 is 19.1 Å². The monoisotopic (exact) mass is 487 g/mol. The minimum atomic E-state index is -0.0829. The van der Waals surface area contributed by atoms with Crippen LogP contribution >= 0.6 is 11.3 Å². The van der Waals surface area contributed by atoms with Crippen molar-refractivity contribution < 1.29 is 14.3 Å². The number of hydrogen-bond donors (Lipinski definition) is 0. The van der Waals surface area contributed by atoms with Crippen LogP contribution in [0.5, 0.6) is 5.75 Å². The largest absolute Gasteiger partial charge is 0.484 e. The Labute approximate surface area is 209 Å². The third-order valence-corrected chi connectivity index (χ3v) is 7.60. The van der Waals surface area contributed by atoms with E-state index in [1.807, 2.05) is 65.3 Å². The van der Waals surface area contributed by atoms with Gasteiger partial charge in [0.15, 0.2) is 6.61 Å². The summed E-state index contributed by atoms with van der Waals surface area (Å²) in [4.78, 5) is 31.3. The first-order chi connectivity index (χ1) is 17.0. The Morgan fingerprint density at radius 3 is 2.57 bits per heavy atom. The first-order valence-electron chi connectivity index (χ1n) is 11.9. The van der Waals surface area contributed by atoms with E-state index in [2.05, 4.69) is 35.1 Å². The zero-order chi connectivity index (χ0) is 24.4. The molecule has 7 heteroatoms. The molecular weight excluding hydrogens is 458 g/mol. The summed E-state index contributed by atoms with van der Waals surface area (Å²) in [6.07, 6.45) is 0. The quantitative estimate of drug-likeness (QED) is 0.392. The van der Waals surface area contributed by atoms with Crippen LogP contribution in [-0.4, -0.2) is 58.5 Å². The summed E-state index contributed by atoms with van der Waals surface area (Å²) < 4.78 is 7.79. The molecule has 0 radical (unpaired) electrons. The Morgan fingerprint density at radius 2 is 1.80 bits per heavy atom. The fourth-order valence-electron chi connectivity index (χ4n) is 4.69. The number of carbonyl (C=O) groups excluding carboxylic acids is 2. The molecule has 1 aliphatic heterocycles. The third kappa shape index (κ3) is 4.82. The molecule has 0 unspecified atom stereocenters. The molecule has 1 aliphatic rings. The smallest absolute Gasteiger partial charge is 0.270 e. The maximum atomic E-state index is 13.7. The van der Waals surface area contributed by atoms with Gasteiger partial charge in [-0.3, -0.25) is 9.59 Å². The van der Waals surface area contributed by atoms with Crippen LogP contribution in [-0.2, 0) is 11.3 Å². The average molecular weight is 488 g/mol. The summed E-state index contributed by atoms with van der Waals surface area (Å²) in [7, 11) is 0. The van der Waals surface area contributed by atoms with E-state index in [0.29, 0.717) is 37.6 Å². The molecule has 0 aliphatic carbocycles. The van der Waals surface area contributed by atoms with Gasteiger partial charge in [-0.1, -0.05) is 42.5 Å². The van der Waals surface area contributed by atoms with E-state index >= 15 is 0 Å². The number of para-hydroxylation sites is 1. The number of aromatic nitrogens is 1. The van der Waals surface area contributed by atoms with E-state index in [1.165, 1.54) is 11.1 Å². The molecule has 5 rings (SSSR count). The van der Waals surface area contributed by atoms with Crippen LogP contribution in [0.1, 0.15) is 28.5 Å². The van der Waals surface area contributed by atoms with Gasteiger partial charge in [0, 0.05) is 37.6 Å². The van der Waals surface area contributed by atoms with Gasteiger partial charge in [0.25, 0.3) is 11.8 Å². The first kappa shape index (κ1) is 23.2. The molecule has 1 fully saturated rings. The summed E-state index contributed by atoms with van der Waals surface area (Å²) in [5.74, 6) is 0.634. The van der Waals surface area contributed by atoms with Crippen molar-refractivity contribution >= 4 is 33.4 Å². The number of ether oxygens (including phenoxy) is 1. The van der Waals surface area contributed by atoms with Gasteiger partial charge in [0.2, 0.25) is 0 Å². The van der Waals surface area contributed by atoms with Gasteiger partial charge in [-0.15, -0.1) is 11.3 Å². The van der Waals surface area contributed by atoms with Gasteiger partial charge in [-0.05, 0) is 54.6 Å². The number of thiophene rings is 1. The molecule has 3 heterocycles. The van der Waals surface area contributed by atoms with E-state index in [-0.39, 0.29) is 24.5 Å². The van der Waals surface area contributed by atoms with Crippen LogP contribution in [0.3, 0.4) is 0 Å². The summed E-state index contributed by atoms with van der Waals surface area (Å²) in [5, 5.41) is 3.16. The number of hydrogen-bond acceptors (Lipinski definition) is 4. The predicted molar refractivity (Wildman–Crippen MR) is 139 cm³/mol. The number of fused-ring (bicyclic) bond motifs is 1. The van der Waals surface area contributed by atoms with Crippen molar-refractivity contribution in [1.29, 1.82) is 0 Å². The maximum Gasteiger partial charge on any atom is 0.270 e. The molecule has 0 saturated carbocycles. The van der Waals surface area contributed by atoms with E-state index < -0.39 is 0 Å². The number of carbonyl (C=O) groups is 2. The number of nitrogens with zero attached hydrogens (tertiary/aromatic N) is 3. The summed E-state index contributed by atoms with van der Waals surface area (Å²) in [5.41, 5.74) is 3.12. The van der Waals surface area contributed by atoms with Crippen molar-refractivity contribution in [2.24, 2.45) is 0 Å². The second kappa shape index (κ2) is 9.96. The molecule has 2 amide bonds. The third-order valence-electron chi connectivity index (χ3n) is 6.65. The number of aryl methyl sites for hydroxylation is 1. The molecule has 2 aromatic heterocycles. The molecule has 2 aromatic carbocycles. The van der Waals surface area contributed by atoms with Gasteiger partial charge in [0.1, 0.15) is 16.3 Å². The standard InChI is InChI=1S/C28H29N3O3S/c1-20-8-6-7-9-23(20)18-31-25(16-22-12-15-35-28(22)31)27(33)29-13-14-30(21(2)17-29)26(32)19-34-24-10-4-3-5-11-24/h3-12,15-16,21H,13-14,17-19H2,1-2H3/t21-/m0/s1. The van der Waals surface area contributed by atoms with Crippen molar-refractivity contribution in [1.82, 2.24) is 14.4 Å². The second-order valence-corrected chi connectivity index (χ2v) is 9.91. The van der Waals surface area contributed by atoms with Crippen LogP contribution in [0.2, 0.25) is 0 Å². The van der Waals surface area contributed by atoms with E-state index in [0.717, 1.165) is 10.2 Å². The zero-order valence-corrected chi connectivity index (χ0v) is 20.8. The Bertz CT molecular complexity index is 1340. The van der Waals surface area contributed by atoms with E-state index in [4.69, 9.17) is 4.74 Å². The number of benzene rings is 2. The topological polar surface area (TPSA) is 54.8 Å². The Balaban J connectivity index is 1.29. The number of piperazine rings is 1. The summed E-state index contributed by atoms with van der Waals surface area (Å²) in [6.45, 7) is 6.25. The van der Waals surface area contributed by atoms with Gasteiger partial charge >= 0.3 is 0 Å². The lowest BCUT2D eigenvalue weighted by Gasteiger charge is -2.39. The van der Waals surface area contributed by atoms with Crippen molar-refractivity contribution in [3.63, 3.8) is 0 Å². The molecule has 0 bridgehead atoms. The van der Waals surface area contributed by atoms with E-state index in [9.17, 15) is 9.59 Å². The van der Waals surface area contributed by atoms with Crippen LogP contribution in [0.4, 0.5) is 0 Å². The highest BCUT2D eigenvalue weighted by atomic mass is 32.1. The molecular formula is C28H29N3O3S. The Kier molecular flexibility index (Phi) is 6.59. The van der Waals surface area contributed by atoms with Crippen molar-refractivity contribution in [2.45, 2.75) is 26.4 Å². The number of rotatable bonds is 6. The summed E-state index contributed by atoms with van der Waals surface area (Å²) in [6, 6.07) is 21.6. The van der Waals surface area contributed by atoms with Crippen LogP contribution in [0.25, 0.3) is 10.2 Å². The molecule has 1 atom stereocenters. The highest BCUT2D eigenvalue weighted by molar-refractivity contribution is 7.16. The fraction of sp³-hybridized carbons (Fsp3) is 0.286. The van der Waals surface area contributed by atoms with E-state index in [1.54, 1.807) is 11.3 Å². The highest BCUT2D eigenvalue weighted by Gasteiger charge is 2.32. The van der Waals surface area contributed by atoms with Crippen molar-refractivity contribution in [3.05, 3.63) is 88.9 Å². The molecule has 180 valence electrons. The molecule has 4 aromatic rings. The Morgan fingerprint density at radius 1 is 1.03 bits per heavy atom. The number of amides is 2. The minimum Gasteiger partial charge on any atom is -0.484 e. The second-order valence-electron chi connectivity index (χ2n) is 9.01. The maximum absolute atomic E-state index is 13.7. The normalized spacial score (nSPS) is 16.0. The minimum absolute atomic E-state index is 0.00213. The van der Waals surface area contributed by atoms with Gasteiger partial charge in [-0.25, -0.2) is 0 Å². The molecule has 6 nitrogen and oxygen atoms in total. The van der Waals surface area contributed by atoms with Gasteiger partial charge in [0.05, 0.1) is 0 Å². The molecule has 35 heavy (non-hydrogen) atoms. The SMILES string of the molecule is Cc1ccccc1Cn1c(C(=O)N2CCN(C(=O)COc3ccccc3)[C@@H](C)C2)cc2ccsc21. The fourth-order valence-corrected chi connectivity index (χ4v) is 5.58. The van der Waals surface area contributed by atoms with Crippen molar-refractivity contribution in [2.75, 3.05) is 26.2 Å². The molecule has 1 saturated heterocycles. The summed E-state index contributed by atoms with van der Waals surface area (Å²) >= 11 is 1.66. The zero-order valence-electron chi connectivity index (χ0n) is 20.0. The predicted octanol–water partition coefficient (Wildman–Crippen LogP) is 4.81. The highest BCUT2D eigenvalue weighted by Crippen LogP contribution is 2.28. The molecule has 0 N–H and O–H groups in total. The van der Waals surface area contributed by atoms with Crippen LogP contribution in [0.15, 0.2) is 72.1 Å². The van der Waals surface area contributed by atoms with Crippen molar-refractivity contribution in [3.8, 4) is 5.75 Å². The molecule has 0 spiro atoms. The lowest BCUT2D eigenvalue weighted by Crippen LogP contribution is -2.56. The van der Waals surface area contributed by atoms with Crippen LogP contribution in [0, 0.1) is 6.92 Å². The van der Waals surface area contributed by atoms with Crippen LogP contribution < -0.4 is 4.74 Å². The Hall–Kier alpha value is -3.58. The lowest BCUT2D eigenvalue weighted by molar-refractivity contribution is -0.137. The lowest BCUT2D eigenvalue weighted by atomic mass is 10.1.